The second-order valence-electron chi connectivity index (χ2n) is 8.63. The molecular weight excluding hydrogens is 369 g/mol. The van der Waals surface area contributed by atoms with Gasteiger partial charge in [0.1, 0.15) is 6.17 Å². The first-order valence-electron chi connectivity index (χ1n) is 10.5. The highest BCUT2D eigenvalue weighted by molar-refractivity contribution is 6.00. The highest BCUT2D eigenvalue weighted by atomic mass is 19.1. The van der Waals surface area contributed by atoms with Crippen LogP contribution >= 0.6 is 0 Å². The maximum Gasteiger partial charge on any atom is 0.228 e. The first kappa shape index (κ1) is 17.2. The van der Waals surface area contributed by atoms with E-state index in [4.69, 9.17) is 0 Å². The quantitative estimate of drug-likeness (QED) is 0.811. The van der Waals surface area contributed by atoms with Crippen LogP contribution in [0, 0.1) is 5.92 Å². The minimum Gasteiger partial charge on any atom is -0.335 e. The normalized spacial score (nSPS) is 26.6. The van der Waals surface area contributed by atoms with Crippen molar-refractivity contribution in [2.75, 3.05) is 18.4 Å². The standard InChI is InChI=1S/C22H24FN5O/c23-16-11-27(12-16)22-24-8-7-18-20(21(26-28(18)22)13-3-1-2-4-13)14-5-6-17-15(9-14)10-19(29)25-17/h5-9,13,16,21,26H,1-4,10-12H2,(H,25,29). The Hall–Kier alpha value is -2.67. The van der Waals surface area contributed by atoms with Gasteiger partial charge in [-0.15, -0.1) is 0 Å². The summed E-state index contributed by atoms with van der Waals surface area (Å²) in [5.74, 6) is 1.40. The van der Waals surface area contributed by atoms with E-state index in [9.17, 15) is 9.18 Å². The van der Waals surface area contributed by atoms with E-state index in [1.54, 1.807) is 0 Å². The van der Waals surface area contributed by atoms with Crippen LogP contribution in [0.1, 0.15) is 36.8 Å². The van der Waals surface area contributed by atoms with Crippen LogP contribution in [0.5, 0.6) is 0 Å². The Morgan fingerprint density at radius 1 is 1.17 bits per heavy atom. The number of allylic oxidation sites excluding steroid dienone is 1. The lowest BCUT2D eigenvalue weighted by Crippen LogP contribution is -2.59. The minimum absolute atomic E-state index is 0.0545. The molecule has 1 unspecified atom stereocenters. The third kappa shape index (κ3) is 2.71. The van der Waals surface area contributed by atoms with Crippen LogP contribution in [0.2, 0.25) is 0 Å². The van der Waals surface area contributed by atoms with E-state index in [1.165, 1.54) is 31.3 Å². The number of nitrogens with zero attached hydrogens (tertiary/aromatic N) is 3. The van der Waals surface area contributed by atoms with Crippen molar-refractivity contribution in [1.29, 1.82) is 0 Å². The third-order valence-corrected chi connectivity index (χ3v) is 6.75. The van der Waals surface area contributed by atoms with Gasteiger partial charge in [-0.3, -0.25) is 4.79 Å². The molecule has 7 heteroatoms. The van der Waals surface area contributed by atoms with E-state index >= 15 is 0 Å². The molecule has 5 aliphatic rings. The van der Waals surface area contributed by atoms with Gasteiger partial charge in [0.2, 0.25) is 11.9 Å². The van der Waals surface area contributed by atoms with Crippen molar-refractivity contribution in [2.45, 2.75) is 44.3 Å². The van der Waals surface area contributed by atoms with Gasteiger partial charge in [-0.1, -0.05) is 18.9 Å². The number of hydrazine groups is 1. The number of benzene rings is 1. The van der Waals surface area contributed by atoms with Crippen LogP contribution in [0.4, 0.5) is 10.1 Å². The molecule has 1 aliphatic carbocycles. The summed E-state index contributed by atoms with van der Waals surface area (Å²) in [5, 5.41) is 4.98. The smallest absolute Gasteiger partial charge is 0.228 e. The Bertz CT molecular complexity index is 971. The summed E-state index contributed by atoms with van der Waals surface area (Å²) in [7, 11) is 0. The van der Waals surface area contributed by atoms with Gasteiger partial charge in [0, 0.05) is 17.5 Å². The van der Waals surface area contributed by atoms with Crippen LogP contribution < -0.4 is 10.7 Å². The lowest BCUT2D eigenvalue weighted by Gasteiger charge is -2.41. The monoisotopic (exact) mass is 393 g/mol. The Morgan fingerprint density at radius 3 is 2.79 bits per heavy atom. The van der Waals surface area contributed by atoms with Crippen molar-refractivity contribution in [3.05, 3.63) is 47.3 Å². The molecule has 4 aliphatic heterocycles. The molecule has 2 fully saturated rings. The molecule has 0 radical (unpaired) electrons. The predicted octanol–water partition coefficient (Wildman–Crippen LogP) is 2.81. The number of alkyl halides is 1. The molecule has 0 spiro atoms. The highest BCUT2D eigenvalue weighted by Crippen LogP contribution is 2.42. The van der Waals surface area contributed by atoms with E-state index in [-0.39, 0.29) is 11.9 Å². The fourth-order valence-corrected chi connectivity index (χ4v) is 5.28. The Labute approximate surface area is 169 Å². The first-order chi connectivity index (χ1) is 14.2. The van der Waals surface area contributed by atoms with Crippen molar-refractivity contribution in [3.63, 3.8) is 0 Å². The first-order valence-corrected chi connectivity index (χ1v) is 10.5. The number of hydrogen-bond donors (Lipinski definition) is 2. The van der Waals surface area contributed by atoms with E-state index < -0.39 is 6.17 Å². The largest absolute Gasteiger partial charge is 0.335 e. The van der Waals surface area contributed by atoms with Gasteiger partial charge in [0.15, 0.2) is 0 Å². The summed E-state index contributed by atoms with van der Waals surface area (Å²) in [4.78, 5) is 18.4. The molecule has 6 nitrogen and oxygen atoms in total. The van der Waals surface area contributed by atoms with Crippen LogP contribution in [0.25, 0.3) is 5.57 Å². The summed E-state index contributed by atoms with van der Waals surface area (Å²) in [6.07, 6.45) is 8.48. The topological polar surface area (TPSA) is 60.0 Å². The van der Waals surface area contributed by atoms with Crippen molar-refractivity contribution in [2.24, 2.45) is 10.9 Å². The van der Waals surface area contributed by atoms with Crippen molar-refractivity contribution < 1.29 is 9.18 Å². The number of halogens is 1. The number of likely N-dealkylation sites (tertiary alicyclic amines) is 1. The molecule has 1 amide bonds. The summed E-state index contributed by atoms with van der Waals surface area (Å²) in [6.45, 7) is 0.794. The summed E-state index contributed by atoms with van der Waals surface area (Å²) < 4.78 is 13.5. The Kier molecular flexibility index (Phi) is 3.81. The van der Waals surface area contributed by atoms with E-state index in [0.717, 1.165) is 28.5 Å². The lowest BCUT2D eigenvalue weighted by atomic mass is 9.87. The molecule has 29 heavy (non-hydrogen) atoms. The van der Waals surface area contributed by atoms with Gasteiger partial charge < -0.3 is 10.2 Å². The van der Waals surface area contributed by atoms with Gasteiger partial charge in [0.05, 0.1) is 31.2 Å². The van der Waals surface area contributed by atoms with Crippen LogP contribution in [0.3, 0.4) is 0 Å². The number of anilines is 1. The molecule has 1 aromatic rings. The SMILES string of the molecule is O=C1Cc2cc(C3=C4C=CN=C(N5CC(F)C5)N4NC3C3CCCC3)ccc2N1. The Balaban J connectivity index is 1.42. The molecule has 0 aromatic heterocycles. The molecule has 1 saturated carbocycles. The summed E-state index contributed by atoms with van der Waals surface area (Å²) in [5.41, 5.74) is 9.18. The van der Waals surface area contributed by atoms with Crippen LogP contribution in [-0.2, 0) is 11.2 Å². The molecule has 6 rings (SSSR count). The number of rotatable bonds is 2. The zero-order valence-corrected chi connectivity index (χ0v) is 16.2. The number of aliphatic imine (C=N–C) groups is 1. The van der Waals surface area contributed by atoms with E-state index in [1.807, 2.05) is 23.2 Å². The number of amides is 1. The lowest BCUT2D eigenvalue weighted by molar-refractivity contribution is -0.115. The van der Waals surface area contributed by atoms with E-state index in [0.29, 0.717) is 25.4 Å². The number of hydrogen-bond acceptors (Lipinski definition) is 5. The second-order valence-corrected chi connectivity index (χ2v) is 8.63. The fraction of sp³-hybridized carbons (Fsp3) is 0.455. The minimum atomic E-state index is -0.773. The number of carbonyl (C=O) groups excluding carboxylic acids is 1. The van der Waals surface area contributed by atoms with Crippen LogP contribution in [0.15, 0.2) is 41.2 Å². The molecule has 2 N–H and O–H groups in total. The third-order valence-electron chi connectivity index (χ3n) is 6.75. The maximum atomic E-state index is 13.5. The van der Waals surface area contributed by atoms with Gasteiger partial charge in [-0.05, 0) is 48.1 Å². The van der Waals surface area contributed by atoms with Crippen molar-refractivity contribution >= 4 is 23.1 Å². The highest BCUT2D eigenvalue weighted by Gasteiger charge is 2.43. The van der Waals surface area contributed by atoms with Crippen molar-refractivity contribution in [3.8, 4) is 0 Å². The summed E-state index contributed by atoms with van der Waals surface area (Å²) in [6, 6.07) is 6.48. The maximum absolute atomic E-state index is 13.5. The van der Waals surface area contributed by atoms with Gasteiger partial charge in [-0.2, -0.15) is 0 Å². The number of fused-ring (bicyclic) bond motifs is 2. The number of guanidine groups is 1. The van der Waals surface area contributed by atoms with Gasteiger partial charge in [0.25, 0.3) is 0 Å². The predicted molar refractivity (Wildman–Crippen MR) is 109 cm³/mol. The molecule has 1 atom stereocenters. The van der Waals surface area contributed by atoms with Gasteiger partial charge in [-0.25, -0.2) is 19.8 Å². The summed E-state index contributed by atoms with van der Waals surface area (Å²) >= 11 is 0. The molecular formula is C22H24FN5O. The van der Waals surface area contributed by atoms with Crippen LogP contribution in [-0.4, -0.2) is 47.1 Å². The molecule has 1 saturated heterocycles. The average Bonchev–Trinajstić information content (AvgIpc) is 3.41. The molecule has 0 bridgehead atoms. The average molecular weight is 393 g/mol. The Morgan fingerprint density at radius 2 is 2.00 bits per heavy atom. The van der Waals surface area contributed by atoms with Gasteiger partial charge >= 0.3 is 0 Å². The van der Waals surface area contributed by atoms with E-state index in [2.05, 4.69) is 32.9 Å². The molecule has 1 aromatic carbocycles. The second kappa shape index (κ2) is 6.42. The molecule has 150 valence electrons. The number of carbonyl (C=O) groups is 1. The zero-order chi connectivity index (χ0) is 19.5. The number of nitrogens with one attached hydrogen (secondary N) is 2. The molecule has 4 heterocycles. The zero-order valence-electron chi connectivity index (χ0n) is 16.2. The fourth-order valence-electron chi connectivity index (χ4n) is 5.28. The van der Waals surface area contributed by atoms with Crippen molar-refractivity contribution in [1.82, 2.24) is 15.3 Å².